The Morgan fingerprint density at radius 1 is 1.42 bits per heavy atom. The van der Waals surface area contributed by atoms with E-state index in [1.54, 1.807) is 0 Å². The number of halogens is 1. The number of carbonyl (C=O) groups excluding carboxylic acids is 1. The standard InChI is InChI=1S/C12H14BrN3O3/c13-7-8(6-2-3-6)15-16-9(7)10(17)14-12(11(18)19)4-1-5-12/h6H,1-5H2,(H,14,17)(H,15,16)(H,18,19). The summed E-state index contributed by atoms with van der Waals surface area (Å²) in [6.07, 6.45) is 3.97. The third kappa shape index (κ3) is 2.05. The molecule has 0 aromatic carbocycles. The van der Waals surface area contributed by atoms with Crippen LogP contribution in [0, 0.1) is 0 Å². The summed E-state index contributed by atoms with van der Waals surface area (Å²) in [7, 11) is 0. The van der Waals surface area contributed by atoms with Gasteiger partial charge in [0.2, 0.25) is 0 Å². The Labute approximate surface area is 118 Å². The predicted octanol–water partition coefficient (Wildman–Crippen LogP) is 1.79. The van der Waals surface area contributed by atoms with Gasteiger partial charge in [-0.2, -0.15) is 5.10 Å². The summed E-state index contributed by atoms with van der Waals surface area (Å²) in [6, 6.07) is 0. The molecule has 2 saturated carbocycles. The largest absolute Gasteiger partial charge is 0.480 e. The maximum absolute atomic E-state index is 12.1. The Kier molecular flexibility index (Phi) is 2.88. The molecule has 102 valence electrons. The highest BCUT2D eigenvalue weighted by molar-refractivity contribution is 9.10. The quantitative estimate of drug-likeness (QED) is 0.785. The Bertz CT molecular complexity index is 546. The first-order valence-electron chi connectivity index (χ1n) is 6.33. The first kappa shape index (κ1) is 12.7. The first-order chi connectivity index (χ1) is 9.03. The zero-order valence-electron chi connectivity index (χ0n) is 10.2. The number of aromatic amines is 1. The maximum atomic E-state index is 12.1. The molecule has 0 aliphatic heterocycles. The molecule has 0 saturated heterocycles. The number of rotatable bonds is 4. The van der Waals surface area contributed by atoms with Crippen LogP contribution in [0.4, 0.5) is 0 Å². The van der Waals surface area contributed by atoms with Crippen molar-refractivity contribution < 1.29 is 14.7 Å². The maximum Gasteiger partial charge on any atom is 0.329 e. The number of amides is 1. The van der Waals surface area contributed by atoms with Crippen LogP contribution in [0.5, 0.6) is 0 Å². The number of aliphatic carboxylic acids is 1. The Hall–Kier alpha value is -1.37. The molecule has 1 aromatic heterocycles. The molecule has 0 spiro atoms. The molecule has 1 heterocycles. The number of carbonyl (C=O) groups is 2. The van der Waals surface area contributed by atoms with E-state index in [4.69, 9.17) is 0 Å². The lowest BCUT2D eigenvalue weighted by molar-refractivity contribution is -0.148. The van der Waals surface area contributed by atoms with Gasteiger partial charge in [0.05, 0.1) is 10.2 Å². The average Bonchev–Trinajstić information content (AvgIpc) is 3.07. The van der Waals surface area contributed by atoms with Crippen LogP contribution >= 0.6 is 15.9 Å². The highest BCUT2D eigenvalue weighted by Crippen LogP contribution is 2.43. The van der Waals surface area contributed by atoms with Gasteiger partial charge in [0.1, 0.15) is 5.54 Å². The SMILES string of the molecule is O=C(NC1(C(=O)O)CCC1)c1n[nH]c(C2CC2)c1Br. The molecule has 3 N–H and O–H groups in total. The molecule has 3 rings (SSSR count). The molecule has 0 atom stereocenters. The zero-order chi connectivity index (χ0) is 13.6. The van der Waals surface area contributed by atoms with Crippen molar-refractivity contribution in [2.24, 2.45) is 0 Å². The van der Waals surface area contributed by atoms with Gasteiger partial charge >= 0.3 is 5.97 Å². The lowest BCUT2D eigenvalue weighted by Crippen LogP contribution is -2.59. The van der Waals surface area contributed by atoms with E-state index in [2.05, 4.69) is 31.4 Å². The summed E-state index contributed by atoms with van der Waals surface area (Å²) in [5.41, 5.74) is 0.0763. The Balaban J connectivity index is 1.78. The number of aromatic nitrogens is 2. The summed E-state index contributed by atoms with van der Waals surface area (Å²) in [5.74, 6) is -0.959. The van der Waals surface area contributed by atoms with Gasteiger partial charge in [0.25, 0.3) is 5.91 Å². The van der Waals surface area contributed by atoms with Gasteiger partial charge in [0.15, 0.2) is 5.69 Å². The van der Waals surface area contributed by atoms with Crippen LogP contribution in [0.15, 0.2) is 4.47 Å². The zero-order valence-corrected chi connectivity index (χ0v) is 11.8. The van der Waals surface area contributed by atoms with Crippen molar-refractivity contribution in [3.63, 3.8) is 0 Å². The van der Waals surface area contributed by atoms with Crippen LogP contribution in [0.1, 0.15) is 54.2 Å². The molecule has 19 heavy (non-hydrogen) atoms. The molecule has 1 amide bonds. The minimum atomic E-state index is -1.10. The molecule has 2 fully saturated rings. The van der Waals surface area contributed by atoms with E-state index in [9.17, 15) is 14.7 Å². The minimum absolute atomic E-state index is 0.245. The van der Waals surface area contributed by atoms with E-state index in [0.717, 1.165) is 25.0 Å². The third-order valence-electron chi connectivity index (χ3n) is 3.90. The van der Waals surface area contributed by atoms with Crippen LogP contribution < -0.4 is 5.32 Å². The van der Waals surface area contributed by atoms with Crippen LogP contribution in [0.25, 0.3) is 0 Å². The third-order valence-corrected chi connectivity index (χ3v) is 4.71. The lowest BCUT2D eigenvalue weighted by atomic mass is 9.76. The van der Waals surface area contributed by atoms with E-state index < -0.39 is 17.4 Å². The van der Waals surface area contributed by atoms with Gasteiger partial charge in [-0.25, -0.2) is 4.79 Å². The summed E-state index contributed by atoms with van der Waals surface area (Å²) in [5, 5.41) is 18.7. The van der Waals surface area contributed by atoms with E-state index >= 15 is 0 Å². The molecular weight excluding hydrogens is 314 g/mol. The summed E-state index contributed by atoms with van der Waals surface area (Å²) < 4.78 is 0.660. The summed E-state index contributed by atoms with van der Waals surface area (Å²) >= 11 is 3.37. The van der Waals surface area contributed by atoms with E-state index in [0.29, 0.717) is 23.2 Å². The smallest absolute Gasteiger partial charge is 0.329 e. The molecule has 2 aliphatic rings. The van der Waals surface area contributed by atoms with Gasteiger partial charge in [-0.15, -0.1) is 0 Å². The van der Waals surface area contributed by atoms with E-state index in [1.807, 2.05) is 0 Å². The van der Waals surface area contributed by atoms with Crippen LogP contribution in [-0.2, 0) is 4.79 Å². The molecule has 0 unspecified atom stereocenters. The molecule has 0 radical (unpaired) electrons. The number of nitrogens with one attached hydrogen (secondary N) is 2. The second kappa shape index (κ2) is 4.33. The molecular formula is C12H14BrN3O3. The second-order valence-corrected chi connectivity index (χ2v) is 6.06. The van der Waals surface area contributed by atoms with Gasteiger partial charge in [-0.3, -0.25) is 9.89 Å². The van der Waals surface area contributed by atoms with Crippen LogP contribution in [-0.4, -0.2) is 32.7 Å². The van der Waals surface area contributed by atoms with Crippen molar-refractivity contribution in [2.45, 2.75) is 43.6 Å². The van der Waals surface area contributed by atoms with Gasteiger partial charge in [-0.1, -0.05) is 0 Å². The fourth-order valence-corrected chi connectivity index (χ4v) is 3.02. The van der Waals surface area contributed by atoms with Gasteiger partial charge in [-0.05, 0) is 48.0 Å². The first-order valence-corrected chi connectivity index (χ1v) is 7.12. The number of nitrogens with zero attached hydrogens (tertiary/aromatic N) is 1. The van der Waals surface area contributed by atoms with Crippen LogP contribution in [0.3, 0.4) is 0 Å². The molecule has 2 aliphatic carbocycles. The molecule has 0 bridgehead atoms. The average molecular weight is 328 g/mol. The fraction of sp³-hybridized carbons (Fsp3) is 0.583. The monoisotopic (exact) mass is 327 g/mol. The minimum Gasteiger partial charge on any atom is -0.480 e. The van der Waals surface area contributed by atoms with Gasteiger partial charge < -0.3 is 10.4 Å². The molecule has 6 nitrogen and oxygen atoms in total. The van der Waals surface area contributed by atoms with Crippen molar-refractivity contribution in [2.75, 3.05) is 0 Å². The number of hydrogen-bond acceptors (Lipinski definition) is 3. The summed E-state index contributed by atoms with van der Waals surface area (Å²) in [4.78, 5) is 23.4. The van der Waals surface area contributed by atoms with Crippen molar-refractivity contribution in [3.8, 4) is 0 Å². The second-order valence-electron chi connectivity index (χ2n) is 5.27. The number of hydrogen-bond donors (Lipinski definition) is 3. The van der Waals surface area contributed by atoms with E-state index in [-0.39, 0.29) is 5.69 Å². The lowest BCUT2D eigenvalue weighted by Gasteiger charge is -2.37. The fourth-order valence-electron chi connectivity index (χ4n) is 2.33. The molecule has 1 aromatic rings. The normalized spacial score (nSPS) is 20.7. The van der Waals surface area contributed by atoms with Crippen LogP contribution in [0.2, 0.25) is 0 Å². The van der Waals surface area contributed by atoms with E-state index in [1.165, 1.54) is 0 Å². The van der Waals surface area contributed by atoms with Crippen molar-refractivity contribution >= 4 is 27.8 Å². The van der Waals surface area contributed by atoms with Gasteiger partial charge in [0, 0.05) is 5.92 Å². The van der Waals surface area contributed by atoms with Crippen molar-refractivity contribution in [1.29, 1.82) is 0 Å². The Morgan fingerprint density at radius 2 is 2.11 bits per heavy atom. The predicted molar refractivity (Wildman–Crippen MR) is 69.9 cm³/mol. The molecule has 7 heteroatoms. The highest BCUT2D eigenvalue weighted by Gasteiger charge is 2.46. The number of carboxylic acid groups (broad SMARTS) is 1. The van der Waals surface area contributed by atoms with Crippen molar-refractivity contribution in [3.05, 3.63) is 15.9 Å². The highest BCUT2D eigenvalue weighted by atomic mass is 79.9. The summed E-state index contributed by atoms with van der Waals surface area (Å²) in [6.45, 7) is 0. The Morgan fingerprint density at radius 3 is 2.58 bits per heavy atom. The number of carboxylic acids is 1. The number of H-pyrrole nitrogens is 1. The topological polar surface area (TPSA) is 95.1 Å². The van der Waals surface area contributed by atoms with Crippen molar-refractivity contribution in [1.82, 2.24) is 15.5 Å².